The predicted octanol–water partition coefficient (Wildman–Crippen LogP) is 3.59. The van der Waals surface area contributed by atoms with Gasteiger partial charge in [-0.25, -0.2) is 14.9 Å². The zero-order valence-electron chi connectivity index (χ0n) is 10.1. The Hall–Kier alpha value is -1.94. The summed E-state index contributed by atoms with van der Waals surface area (Å²) in [5, 5.41) is -0.633. The SMILES string of the molecule is Cc1cc(C)nc(N(C(=O)Cl)c2ccccc2)n1. The van der Waals surface area contributed by atoms with Gasteiger partial charge in [-0.05, 0) is 43.6 Å². The molecule has 0 aliphatic heterocycles. The molecule has 2 rings (SSSR count). The van der Waals surface area contributed by atoms with Crippen molar-refractivity contribution in [2.75, 3.05) is 4.90 Å². The quantitative estimate of drug-likeness (QED) is 0.613. The van der Waals surface area contributed by atoms with E-state index in [1.54, 1.807) is 12.1 Å². The maximum absolute atomic E-state index is 11.6. The van der Waals surface area contributed by atoms with Gasteiger partial charge in [0, 0.05) is 11.4 Å². The summed E-state index contributed by atoms with van der Waals surface area (Å²) >= 11 is 5.62. The third-order valence-corrected chi connectivity index (χ3v) is 2.53. The number of hydrogen-bond acceptors (Lipinski definition) is 3. The van der Waals surface area contributed by atoms with Gasteiger partial charge >= 0.3 is 5.37 Å². The first-order valence-electron chi connectivity index (χ1n) is 5.45. The second-order valence-corrected chi connectivity index (χ2v) is 4.20. The molecule has 92 valence electrons. The van der Waals surface area contributed by atoms with E-state index >= 15 is 0 Å². The molecule has 0 N–H and O–H groups in total. The average Bonchev–Trinajstić information content (AvgIpc) is 2.28. The van der Waals surface area contributed by atoms with E-state index in [1.807, 2.05) is 38.1 Å². The van der Waals surface area contributed by atoms with Crippen LogP contribution in [-0.2, 0) is 0 Å². The smallest absolute Gasteiger partial charge is 0.255 e. The highest BCUT2D eigenvalue weighted by Gasteiger charge is 2.18. The number of amides is 1. The Balaban J connectivity index is 2.52. The van der Waals surface area contributed by atoms with Crippen LogP contribution in [0.1, 0.15) is 11.4 Å². The van der Waals surface area contributed by atoms with Crippen LogP contribution in [0.4, 0.5) is 16.4 Å². The topological polar surface area (TPSA) is 46.1 Å². The first-order chi connectivity index (χ1) is 8.58. The highest BCUT2D eigenvalue weighted by Crippen LogP contribution is 2.23. The minimum atomic E-state index is -0.633. The van der Waals surface area contributed by atoms with Gasteiger partial charge in [-0.2, -0.15) is 0 Å². The molecule has 5 heteroatoms. The Morgan fingerprint density at radius 2 is 1.67 bits per heavy atom. The summed E-state index contributed by atoms with van der Waals surface area (Å²) in [6.45, 7) is 3.69. The summed E-state index contributed by atoms with van der Waals surface area (Å²) in [4.78, 5) is 21.3. The average molecular weight is 262 g/mol. The summed E-state index contributed by atoms with van der Waals surface area (Å²) in [6.07, 6.45) is 0. The fraction of sp³-hybridized carbons (Fsp3) is 0.154. The van der Waals surface area contributed by atoms with Gasteiger partial charge < -0.3 is 0 Å². The zero-order chi connectivity index (χ0) is 13.1. The molecule has 2 aromatic rings. The zero-order valence-corrected chi connectivity index (χ0v) is 10.8. The molecule has 1 aromatic carbocycles. The standard InChI is InChI=1S/C13H12ClN3O/c1-9-8-10(2)16-13(15-9)17(12(14)18)11-6-4-3-5-7-11/h3-8H,1-2H3. The number of hydrogen-bond donors (Lipinski definition) is 0. The largest absolute Gasteiger partial charge is 0.327 e. The van der Waals surface area contributed by atoms with E-state index in [2.05, 4.69) is 9.97 Å². The van der Waals surface area contributed by atoms with Gasteiger partial charge in [0.25, 0.3) is 0 Å². The Morgan fingerprint density at radius 1 is 1.11 bits per heavy atom. The lowest BCUT2D eigenvalue weighted by molar-refractivity contribution is 0.266. The van der Waals surface area contributed by atoms with Crippen LogP contribution in [0.5, 0.6) is 0 Å². The van der Waals surface area contributed by atoms with Crippen molar-refractivity contribution in [1.29, 1.82) is 0 Å². The van der Waals surface area contributed by atoms with E-state index in [1.165, 1.54) is 4.90 Å². The van der Waals surface area contributed by atoms with E-state index < -0.39 is 5.37 Å². The number of carbonyl (C=O) groups excluding carboxylic acids is 1. The summed E-state index contributed by atoms with van der Waals surface area (Å²) < 4.78 is 0. The monoisotopic (exact) mass is 261 g/mol. The summed E-state index contributed by atoms with van der Waals surface area (Å²) in [5.41, 5.74) is 2.22. The first-order valence-corrected chi connectivity index (χ1v) is 5.82. The second-order valence-electron chi connectivity index (χ2n) is 3.87. The van der Waals surface area contributed by atoms with Crippen LogP contribution < -0.4 is 4.90 Å². The minimum Gasteiger partial charge on any atom is -0.255 e. The molecule has 0 bridgehead atoms. The van der Waals surface area contributed by atoms with Crippen molar-refractivity contribution >= 4 is 28.6 Å². The molecule has 0 fully saturated rings. The molecule has 18 heavy (non-hydrogen) atoms. The van der Waals surface area contributed by atoms with Crippen LogP contribution >= 0.6 is 11.6 Å². The van der Waals surface area contributed by atoms with Gasteiger partial charge in [0.1, 0.15) is 0 Å². The first kappa shape index (κ1) is 12.5. The third kappa shape index (κ3) is 2.65. The van der Waals surface area contributed by atoms with Gasteiger partial charge in [-0.1, -0.05) is 18.2 Å². The molecule has 0 atom stereocenters. The second kappa shape index (κ2) is 5.14. The number of para-hydroxylation sites is 1. The molecule has 0 saturated carbocycles. The molecule has 0 aliphatic rings. The van der Waals surface area contributed by atoms with Gasteiger partial charge in [0.15, 0.2) is 0 Å². The Morgan fingerprint density at radius 3 is 2.17 bits per heavy atom. The van der Waals surface area contributed by atoms with Crippen LogP contribution in [0.2, 0.25) is 0 Å². The Labute approximate surface area is 110 Å². The maximum atomic E-state index is 11.6. The lowest BCUT2D eigenvalue weighted by atomic mass is 10.3. The molecule has 0 saturated heterocycles. The van der Waals surface area contributed by atoms with Crippen molar-refractivity contribution in [2.24, 2.45) is 0 Å². The molecule has 0 aliphatic carbocycles. The van der Waals surface area contributed by atoms with E-state index in [0.29, 0.717) is 11.6 Å². The molecular formula is C13H12ClN3O. The highest BCUT2D eigenvalue weighted by atomic mass is 35.5. The van der Waals surface area contributed by atoms with Gasteiger partial charge in [-0.15, -0.1) is 0 Å². The van der Waals surface area contributed by atoms with Gasteiger partial charge in [-0.3, -0.25) is 4.79 Å². The van der Waals surface area contributed by atoms with Crippen molar-refractivity contribution in [3.8, 4) is 0 Å². The molecule has 1 aromatic heterocycles. The normalized spacial score (nSPS) is 10.2. The number of aryl methyl sites for hydroxylation is 2. The highest BCUT2D eigenvalue weighted by molar-refractivity contribution is 6.66. The maximum Gasteiger partial charge on any atom is 0.327 e. The number of halogens is 1. The Kier molecular flexibility index (Phi) is 3.58. The molecule has 0 spiro atoms. The van der Waals surface area contributed by atoms with Crippen molar-refractivity contribution in [3.63, 3.8) is 0 Å². The molecular weight excluding hydrogens is 250 g/mol. The molecule has 1 amide bonds. The summed E-state index contributed by atoms with van der Waals surface area (Å²) in [7, 11) is 0. The minimum absolute atomic E-state index is 0.290. The van der Waals surface area contributed by atoms with Crippen LogP contribution in [0.25, 0.3) is 0 Å². The fourth-order valence-electron chi connectivity index (χ4n) is 1.68. The van der Waals surface area contributed by atoms with Crippen LogP contribution in [0.15, 0.2) is 36.4 Å². The lowest BCUT2D eigenvalue weighted by Gasteiger charge is -2.18. The van der Waals surface area contributed by atoms with Crippen LogP contribution in [0, 0.1) is 13.8 Å². The summed E-state index contributed by atoms with van der Waals surface area (Å²) in [6, 6.07) is 10.9. The molecule has 0 unspecified atom stereocenters. The summed E-state index contributed by atoms with van der Waals surface area (Å²) in [5.74, 6) is 0.290. The van der Waals surface area contributed by atoms with Crippen LogP contribution in [-0.4, -0.2) is 15.3 Å². The van der Waals surface area contributed by atoms with Crippen molar-refractivity contribution < 1.29 is 4.79 Å². The lowest BCUT2D eigenvalue weighted by Crippen LogP contribution is -2.22. The number of carbonyl (C=O) groups is 1. The Bertz CT molecular complexity index is 551. The number of rotatable bonds is 2. The molecule has 4 nitrogen and oxygen atoms in total. The van der Waals surface area contributed by atoms with E-state index in [0.717, 1.165) is 11.4 Å². The third-order valence-electron chi connectivity index (χ3n) is 2.36. The van der Waals surface area contributed by atoms with Crippen molar-refractivity contribution in [3.05, 3.63) is 47.8 Å². The van der Waals surface area contributed by atoms with Crippen molar-refractivity contribution in [1.82, 2.24) is 9.97 Å². The number of nitrogens with zero attached hydrogens (tertiary/aromatic N) is 3. The van der Waals surface area contributed by atoms with Gasteiger partial charge in [0.2, 0.25) is 5.95 Å². The number of benzene rings is 1. The van der Waals surface area contributed by atoms with E-state index in [-0.39, 0.29) is 0 Å². The van der Waals surface area contributed by atoms with Crippen LogP contribution in [0.3, 0.4) is 0 Å². The number of anilines is 2. The molecule has 0 radical (unpaired) electrons. The fourth-order valence-corrected chi connectivity index (χ4v) is 1.85. The van der Waals surface area contributed by atoms with E-state index in [4.69, 9.17) is 11.6 Å². The van der Waals surface area contributed by atoms with Crippen molar-refractivity contribution in [2.45, 2.75) is 13.8 Å². The van der Waals surface area contributed by atoms with Gasteiger partial charge in [0.05, 0.1) is 5.69 Å². The van der Waals surface area contributed by atoms with E-state index in [9.17, 15) is 4.79 Å². The molecule has 1 heterocycles. The number of aromatic nitrogens is 2. The predicted molar refractivity (Wildman–Crippen MR) is 71.3 cm³/mol.